The average molecular weight is 362 g/mol. The van der Waals surface area contributed by atoms with Crippen molar-refractivity contribution in [1.82, 2.24) is 0 Å². The molecule has 0 spiro atoms. The minimum absolute atomic E-state index is 0.0645. The Balaban J connectivity index is 2.21. The van der Waals surface area contributed by atoms with Gasteiger partial charge in [-0.05, 0) is 36.4 Å². The van der Waals surface area contributed by atoms with E-state index >= 15 is 0 Å². The fraction of sp³-hybridized carbons (Fsp3) is 0.0667. The smallest absolute Gasteiger partial charge is 0.261 e. The van der Waals surface area contributed by atoms with Crippen molar-refractivity contribution in [2.24, 2.45) is 27.2 Å². The van der Waals surface area contributed by atoms with Crippen LogP contribution >= 0.6 is 0 Å². The minimum atomic E-state index is -3.76. The molecule has 2 aromatic rings. The number of nitrogens with two attached hydrogens (primary N) is 3. The lowest BCUT2D eigenvalue weighted by Crippen LogP contribution is -2.26. The van der Waals surface area contributed by atoms with Crippen LogP contribution in [0.3, 0.4) is 0 Å². The van der Waals surface area contributed by atoms with Gasteiger partial charge in [-0.15, -0.1) is 0 Å². The second-order valence-corrected chi connectivity index (χ2v) is 6.52. The summed E-state index contributed by atoms with van der Waals surface area (Å²) in [6.45, 7) is 0. The second kappa shape index (κ2) is 7.53. The standard InChI is InChI=1S/C15H18N6O3S/c1-24-12-4-2-3-11(9-12)21-25(22,23)13-7-5-10(6-8-13)19-15(18)20-14(16)17/h2-9,21H,1H3,(H6,16,17,18,19,20). The molecule has 0 radical (unpaired) electrons. The Morgan fingerprint density at radius 3 is 2.36 bits per heavy atom. The number of rotatable bonds is 5. The molecule has 10 heteroatoms. The molecule has 0 aliphatic carbocycles. The number of methoxy groups -OCH3 is 1. The average Bonchev–Trinajstić information content (AvgIpc) is 2.54. The van der Waals surface area contributed by atoms with E-state index in [1.165, 1.54) is 31.4 Å². The van der Waals surface area contributed by atoms with Gasteiger partial charge in [0.05, 0.1) is 23.4 Å². The monoisotopic (exact) mass is 362 g/mol. The number of aliphatic imine (C=N–C) groups is 2. The molecule has 9 nitrogen and oxygen atoms in total. The molecule has 0 saturated carbocycles. The van der Waals surface area contributed by atoms with Crippen molar-refractivity contribution in [1.29, 1.82) is 0 Å². The Morgan fingerprint density at radius 2 is 1.76 bits per heavy atom. The zero-order chi connectivity index (χ0) is 18.4. The van der Waals surface area contributed by atoms with Crippen LogP contribution < -0.4 is 26.7 Å². The number of sulfonamides is 1. The normalized spacial score (nSPS) is 11.6. The summed E-state index contributed by atoms with van der Waals surface area (Å²) in [5.41, 5.74) is 16.7. The molecule has 0 fully saturated rings. The van der Waals surface area contributed by atoms with Crippen molar-refractivity contribution in [3.63, 3.8) is 0 Å². The summed E-state index contributed by atoms with van der Waals surface area (Å²) in [5.74, 6) is 0.188. The number of ether oxygens (including phenoxy) is 1. The Labute approximate surface area is 145 Å². The summed E-state index contributed by atoms with van der Waals surface area (Å²) in [7, 11) is -2.25. The Bertz CT molecular complexity index is 903. The summed E-state index contributed by atoms with van der Waals surface area (Å²) in [5, 5.41) is 0. The molecule has 0 heterocycles. The first-order valence-electron chi connectivity index (χ1n) is 7.01. The number of hydrogen-bond acceptors (Lipinski definition) is 4. The molecular weight excluding hydrogens is 344 g/mol. The van der Waals surface area contributed by atoms with Gasteiger partial charge in [-0.1, -0.05) is 6.07 Å². The maximum Gasteiger partial charge on any atom is 0.261 e. The molecule has 0 unspecified atom stereocenters. The van der Waals surface area contributed by atoms with Gasteiger partial charge in [0.2, 0.25) is 5.96 Å². The summed E-state index contributed by atoms with van der Waals surface area (Å²) < 4.78 is 32.4. The minimum Gasteiger partial charge on any atom is -0.497 e. The first kappa shape index (κ1) is 18.1. The van der Waals surface area contributed by atoms with Gasteiger partial charge in [0.15, 0.2) is 5.96 Å². The highest BCUT2D eigenvalue weighted by Gasteiger charge is 2.14. The molecule has 2 rings (SSSR count). The van der Waals surface area contributed by atoms with E-state index in [2.05, 4.69) is 14.7 Å². The first-order chi connectivity index (χ1) is 11.8. The lowest BCUT2D eigenvalue weighted by Gasteiger charge is -2.09. The van der Waals surface area contributed by atoms with Crippen molar-refractivity contribution in [2.45, 2.75) is 4.90 Å². The highest BCUT2D eigenvalue weighted by atomic mass is 32.2. The zero-order valence-electron chi connectivity index (χ0n) is 13.4. The van der Waals surface area contributed by atoms with Crippen molar-refractivity contribution < 1.29 is 13.2 Å². The molecular formula is C15H18N6O3S. The third-order valence-electron chi connectivity index (χ3n) is 2.96. The van der Waals surface area contributed by atoms with Crippen LogP contribution in [0.15, 0.2) is 63.4 Å². The summed E-state index contributed by atoms with van der Waals surface area (Å²) in [4.78, 5) is 7.58. The SMILES string of the molecule is COc1cccc(NS(=O)(=O)c2ccc(N=C(N)N=C(N)N)cc2)c1. The van der Waals surface area contributed by atoms with Crippen molar-refractivity contribution >= 4 is 33.3 Å². The lowest BCUT2D eigenvalue weighted by atomic mass is 10.3. The number of guanidine groups is 2. The van der Waals surface area contributed by atoms with Gasteiger partial charge in [-0.3, -0.25) is 4.72 Å². The number of nitrogens with one attached hydrogen (secondary N) is 1. The van der Waals surface area contributed by atoms with E-state index in [-0.39, 0.29) is 16.8 Å². The zero-order valence-corrected chi connectivity index (χ0v) is 14.2. The highest BCUT2D eigenvalue weighted by molar-refractivity contribution is 7.92. The molecule has 0 atom stereocenters. The molecule has 2 aromatic carbocycles. The molecule has 0 aromatic heterocycles. The van der Waals surface area contributed by atoms with Crippen LogP contribution in [0.5, 0.6) is 5.75 Å². The number of hydrogen-bond donors (Lipinski definition) is 4. The molecule has 0 saturated heterocycles. The van der Waals surface area contributed by atoms with E-state index in [0.29, 0.717) is 17.1 Å². The lowest BCUT2D eigenvalue weighted by molar-refractivity contribution is 0.415. The van der Waals surface area contributed by atoms with Crippen LogP contribution in [0, 0.1) is 0 Å². The molecule has 132 valence electrons. The molecule has 0 amide bonds. The van der Waals surface area contributed by atoms with Gasteiger partial charge in [-0.25, -0.2) is 13.4 Å². The predicted molar refractivity (Wildman–Crippen MR) is 97.3 cm³/mol. The van der Waals surface area contributed by atoms with Gasteiger partial charge in [0.1, 0.15) is 5.75 Å². The number of benzene rings is 2. The maximum absolute atomic E-state index is 12.4. The van der Waals surface area contributed by atoms with Crippen LogP contribution in [-0.2, 0) is 10.0 Å². The fourth-order valence-electron chi connectivity index (χ4n) is 1.89. The summed E-state index contributed by atoms with van der Waals surface area (Å²) in [6, 6.07) is 12.3. The van der Waals surface area contributed by atoms with Crippen LogP contribution in [0.25, 0.3) is 0 Å². The van der Waals surface area contributed by atoms with Crippen LogP contribution in [-0.4, -0.2) is 27.4 Å². The van der Waals surface area contributed by atoms with E-state index in [0.717, 1.165) is 0 Å². The van der Waals surface area contributed by atoms with E-state index in [1.54, 1.807) is 24.3 Å². The van der Waals surface area contributed by atoms with Crippen molar-refractivity contribution in [3.8, 4) is 5.75 Å². The topological polar surface area (TPSA) is 158 Å². The Kier molecular flexibility index (Phi) is 5.45. The molecule has 25 heavy (non-hydrogen) atoms. The van der Waals surface area contributed by atoms with Gasteiger partial charge in [0.25, 0.3) is 10.0 Å². The maximum atomic E-state index is 12.4. The second-order valence-electron chi connectivity index (χ2n) is 4.84. The largest absolute Gasteiger partial charge is 0.497 e. The third kappa shape index (κ3) is 5.11. The van der Waals surface area contributed by atoms with Crippen LogP contribution in [0.4, 0.5) is 11.4 Å². The Morgan fingerprint density at radius 1 is 1.08 bits per heavy atom. The summed E-state index contributed by atoms with van der Waals surface area (Å²) in [6.07, 6.45) is 0. The predicted octanol–water partition coefficient (Wildman–Crippen LogP) is 0.716. The molecule has 0 aliphatic rings. The first-order valence-corrected chi connectivity index (χ1v) is 8.49. The van der Waals surface area contributed by atoms with Gasteiger partial charge < -0.3 is 21.9 Å². The van der Waals surface area contributed by atoms with Gasteiger partial charge >= 0.3 is 0 Å². The van der Waals surface area contributed by atoms with Crippen LogP contribution in [0.2, 0.25) is 0 Å². The number of nitrogens with zero attached hydrogens (tertiary/aromatic N) is 2. The highest BCUT2D eigenvalue weighted by Crippen LogP contribution is 2.22. The van der Waals surface area contributed by atoms with E-state index in [9.17, 15) is 8.42 Å². The summed E-state index contributed by atoms with van der Waals surface area (Å²) >= 11 is 0. The van der Waals surface area contributed by atoms with Gasteiger partial charge in [0, 0.05) is 6.07 Å². The van der Waals surface area contributed by atoms with Crippen LogP contribution in [0.1, 0.15) is 0 Å². The van der Waals surface area contributed by atoms with E-state index in [1.807, 2.05) is 0 Å². The third-order valence-corrected chi connectivity index (χ3v) is 4.35. The van der Waals surface area contributed by atoms with Crippen molar-refractivity contribution in [3.05, 3.63) is 48.5 Å². The van der Waals surface area contributed by atoms with Crippen molar-refractivity contribution in [2.75, 3.05) is 11.8 Å². The Hall–Kier alpha value is -3.27. The molecule has 0 aliphatic heterocycles. The van der Waals surface area contributed by atoms with Gasteiger partial charge in [-0.2, -0.15) is 4.99 Å². The fourth-order valence-corrected chi connectivity index (χ4v) is 2.94. The van der Waals surface area contributed by atoms with E-state index in [4.69, 9.17) is 21.9 Å². The molecule has 0 bridgehead atoms. The molecule has 7 N–H and O–H groups in total. The number of anilines is 1. The van der Waals surface area contributed by atoms with E-state index < -0.39 is 10.0 Å². The quantitative estimate of drug-likeness (QED) is 0.453.